The van der Waals surface area contributed by atoms with Gasteiger partial charge in [-0.15, -0.1) is 0 Å². The molecule has 41 heavy (non-hydrogen) atoms. The van der Waals surface area contributed by atoms with Gasteiger partial charge in [0.15, 0.2) is 0 Å². The van der Waals surface area contributed by atoms with Crippen molar-refractivity contribution < 1.29 is 34.2 Å². The van der Waals surface area contributed by atoms with E-state index in [2.05, 4.69) is 25.6 Å². The lowest BCUT2D eigenvalue weighted by Crippen LogP contribution is -2.57. The van der Waals surface area contributed by atoms with Crippen molar-refractivity contribution in [3.05, 3.63) is 54.2 Å². The summed E-state index contributed by atoms with van der Waals surface area (Å²) in [5.41, 5.74) is 8.03. The number of hydrogen-bond donors (Lipinski definition) is 7. The molecule has 3 aromatic rings. The van der Waals surface area contributed by atoms with Crippen LogP contribution in [0.1, 0.15) is 36.9 Å². The summed E-state index contributed by atoms with van der Waals surface area (Å²) < 4.78 is 0. The number of nitrogens with one attached hydrogen (secondary N) is 4. The Hall–Kier alpha value is -4.72. The first kappa shape index (κ1) is 29.3. The number of carbonyl (C=O) groups is 5. The number of nitrogens with two attached hydrogens (primary N) is 1. The minimum atomic E-state index is -1.24. The predicted molar refractivity (Wildman–Crippen MR) is 145 cm³/mol. The highest BCUT2D eigenvalue weighted by Crippen LogP contribution is 2.23. The van der Waals surface area contributed by atoms with E-state index in [4.69, 9.17) is 10.8 Å². The molecule has 0 saturated carbocycles. The van der Waals surface area contributed by atoms with Crippen LogP contribution in [0.25, 0.3) is 10.9 Å². The van der Waals surface area contributed by atoms with Crippen LogP contribution in [0.4, 0.5) is 0 Å². The van der Waals surface area contributed by atoms with Crippen LogP contribution in [0.3, 0.4) is 0 Å². The molecule has 0 spiro atoms. The number of H-pyrrole nitrogens is 2. The Kier molecular flexibility index (Phi) is 9.34. The van der Waals surface area contributed by atoms with Gasteiger partial charge in [-0.25, -0.2) is 9.78 Å². The van der Waals surface area contributed by atoms with Crippen LogP contribution in [-0.4, -0.2) is 90.4 Å². The van der Waals surface area contributed by atoms with Crippen molar-refractivity contribution in [2.75, 3.05) is 6.54 Å². The number of fused-ring (bicyclic) bond motifs is 1. The minimum Gasteiger partial charge on any atom is -0.481 e. The number of carboxylic acid groups (broad SMARTS) is 2. The molecule has 0 radical (unpaired) electrons. The second-order valence-electron chi connectivity index (χ2n) is 10.0. The Morgan fingerprint density at radius 1 is 1.07 bits per heavy atom. The second-order valence-corrected chi connectivity index (χ2v) is 10.0. The average molecular weight is 568 g/mol. The maximum atomic E-state index is 13.9. The third-order valence-corrected chi connectivity index (χ3v) is 7.15. The molecule has 4 unspecified atom stereocenters. The van der Waals surface area contributed by atoms with Gasteiger partial charge in [0.05, 0.1) is 12.4 Å². The molecule has 4 atom stereocenters. The highest BCUT2D eigenvalue weighted by atomic mass is 16.4. The molecule has 0 bridgehead atoms. The normalized spacial score (nSPS) is 17.1. The minimum absolute atomic E-state index is 0.0186. The molecule has 218 valence electrons. The van der Waals surface area contributed by atoms with E-state index in [0.29, 0.717) is 18.5 Å². The van der Waals surface area contributed by atoms with Crippen LogP contribution in [-0.2, 0) is 36.8 Å². The number of hydrogen-bond acceptors (Lipinski definition) is 7. The van der Waals surface area contributed by atoms with Crippen LogP contribution in [0.15, 0.2) is 43.0 Å². The molecule has 1 saturated heterocycles. The van der Waals surface area contributed by atoms with Crippen LogP contribution in [0, 0.1) is 0 Å². The van der Waals surface area contributed by atoms with Crippen molar-refractivity contribution >= 4 is 40.6 Å². The van der Waals surface area contributed by atoms with Gasteiger partial charge in [-0.1, -0.05) is 18.2 Å². The van der Waals surface area contributed by atoms with E-state index in [1.165, 1.54) is 17.4 Å². The maximum Gasteiger partial charge on any atom is 0.326 e. The second kappa shape index (κ2) is 13.1. The summed E-state index contributed by atoms with van der Waals surface area (Å²) in [6.45, 7) is 0.237. The molecule has 1 aliphatic rings. The number of carbonyl (C=O) groups excluding carboxylic acids is 3. The molecule has 1 fully saturated rings. The van der Waals surface area contributed by atoms with Gasteiger partial charge in [0.1, 0.15) is 18.1 Å². The average Bonchev–Trinajstić information content (AvgIpc) is 3.72. The van der Waals surface area contributed by atoms with Gasteiger partial charge in [-0.3, -0.25) is 19.2 Å². The molecule has 1 aromatic carbocycles. The first-order valence-electron chi connectivity index (χ1n) is 13.3. The first-order valence-corrected chi connectivity index (χ1v) is 13.3. The number of aromatic amines is 2. The van der Waals surface area contributed by atoms with Crippen LogP contribution in [0.5, 0.6) is 0 Å². The molecule has 2 aromatic heterocycles. The summed E-state index contributed by atoms with van der Waals surface area (Å²) in [7, 11) is 0. The standard InChI is InChI=1S/C27H33N7O7/c28-18(7-8-23(35)36)24(37)32-20(10-15-12-30-19-5-2-1-4-17(15)19)26(39)34-9-3-6-22(34)25(38)33-21(27(40)41)11-16-13-29-14-31-16/h1-2,4-5,12-14,18,20-22,30H,3,6-11,28H2,(H,29,31)(H,32,37)(H,33,38)(H,35,36)(H,40,41). The van der Waals surface area contributed by atoms with Crippen LogP contribution < -0.4 is 16.4 Å². The molecule has 14 nitrogen and oxygen atoms in total. The van der Waals surface area contributed by atoms with Crippen molar-refractivity contribution in [3.8, 4) is 0 Å². The van der Waals surface area contributed by atoms with Gasteiger partial charge >= 0.3 is 11.9 Å². The number of carboxylic acids is 2. The first-order chi connectivity index (χ1) is 19.6. The fraction of sp³-hybridized carbons (Fsp3) is 0.407. The van der Waals surface area contributed by atoms with Crippen LogP contribution >= 0.6 is 0 Å². The summed E-state index contributed by atoms with van der Waals surface area (Å²) in [6.07, 6.45) is 5.08. The SMILES string of the molecule is NC(CCC(=O)O)C(=O)NC(Cc1c[nH]c2ccccc12)C(=O)N1CCCC1C(=O)NC(Cc1cnc[nH]1)C(=O)O. The van der Waals surface area contributed by atoms with E-state index >= 15 is 0 Å². The van der Waals surface area contributed by atoms with Crippen molar-refractivity contribution in [2.45, 2.75) is 62.7 Å². The number of amides is 3. The number of likely N-dealkylation sites (tertiary alicyclic amines) is 1. The Balaban J connectivity index is 1.52. The Morgan fingerprint density at radius 2 is 1.85 bits per heavy atom. The Bertz CT molecular complexity index is 1400. The zero-order valence-corrected chi connectivity index (χ0v) is 22.2. The molecule has 1 aliphatic heterocycles. The van der Waals surface area contributed by atoms with Crippen LogP contribution in [0.2, 0.25) is 0 Å². The van der Waals surface area contributed by atoms with Crippen molar-refractivity contribution in [1.29, 1.82) is 0 Å². The third-order valence-electron chi connectivity index (χ3n) is 7.15. The van der Waals surface area contributed by atoms with Crippen molar-refractivity contribution in [2.24, 2.45) is 5.73 Å². The van der Waals surface area contributed by atoms with E-state index in [9.17, 15) is 29.1 Å². The number of benzene rings is 1. The zero-order valence-electron chi connectivity index (χ0n) is 22.2. The number of nitrogens with zero attached hydrogens (tertiary/aromatic N) is 2. The summed E-state index contributed by atoms with van der Waals surface area (Å²) in [5, 5.41) is 24.7. The smallest absolute Gasteiger partial charge is 0.326 e. The largest absolute Gasteiger partial charge is 0.481 e. The zero-order chi connectivity index (χ0) is 29.5. The van der Waals surface area contributed by atoms with Gasteiger partial charge in [-0.2, -0.15) is 0 Å². The molecule has 3 heterocycles. The molecular formula is C27H33N7O7. The van der Waals surface area contributed by atoms with Gasteiger partial charge in [-0.05, 0) is 30.9 Å². The summed E-state index contributed by atoms with van der Waals surface area (Å²) >= 11 is 0. The maximum absolute atomic E-state index is 13.9. The summed E-state index contributed by atoms with van der Waals surface area (Å²) in [5.74, 6) is -4.15. The summed E-state index contributed by atoms with van der Waals surface area (Å²) in [4.78, 5) is 74.0. The number of aromatic nitrogens is 3. The number of imidazole rings is 1. The predicted octanol–water partition coefficient (Wildman–Crippen LogP) is -0.0865. The number of para-hydroxylation sites is 1. The van der Waals surface area contributed by atoms with E-state index in [0.717, 1.165) is 16.5 Å². The quantitative estimate of drug-likeness (QED) is 0.146. The molecule has 0 aliphatic carbocycles. The third kappa shape index (κ3) is 7.28. The molecule has 3 amide bonds. The topological polar surface area (TPSA) is 224 Å². The molecular weight excluding hydrogens is 534 g/mol. The highest BCUT2D eigenvalue weighted by Gasteiger charge is 2.39. The van der Waals surface area contributed by atoms with E-state index < -0.39 is 53.8 Å². The number of aliphatic carboxylic acids is 2. The molecule has 14 heteroatoms. The van der Waals surface area contributed by atoms with Crippen molar-refractivity contribution in [1.82, 2.24) is 30.5 Å². The van der Waals surface area contributed by atoms with Gasteiger partial charge in [0.2, 0.25) is 17.7 Å². The fourth-order valence-electron chi connectivity index (χ4n) is 5.00. The lowest BCUT2D eigenvalue weighted by Gasteiger charge is -2.30. The van der Waals surface area contributed by atoms with E-state index in [1.54, 1.807) is 6.20 Å². The molecule has 8 N–H and O–H groups in total. The fourth-order valence-corrected chi connectivity index (χ4v) is 5.00. The Morgan fingerprint density at radius 3 is 2.56 bits per heavy atom. The van der Waals surface area contributed by atoms with E-state index in [1.807, 2.05) is 24.3 Å². The van der Waals surface area contributed by atoms with Gasteiger partial charge in [0, 0.05) is 54.8 Å². The Labute approximate surface area is 234 Å². The molecule has 4 rings (SSSR count). The van der Waals surface area contributed by atoms with Gasteiger partial charge < -0.3 is 41.4 Å². The monoisotopic (exact) mass is 567 g/mol. The van der Waals surface area contributed by atoms with Crippen molar-refractivity contribution in [3.63, 3.8) is 0 Å². The highest BCUT2D eigenvalue weighted by molar-refractivity contribution is 5.95. The lowest BCUT2D eigenvalue weighted by molar-refractivity contribution is -0.145. The summed E-state index contributed by atoms with van der Waals surface area (Å²) in [6, 6.07) is 3.02. The number of rotatable bonds is 13. The lowest BCUT2D eigenvalue weighted by atomic mass is 10.0. The van der Waals surface area contributed by atoms with Gasteiger partial charge in [0.25, 0.3) is 0 Å². The van der Waals surface area contributed by atoms with E-state index in [-0.39, 0.29) is 32.2 Å².